The lowest BCUT2D eigenvalue weighted by Gasteiger charge is -2.08. The van der Waals surface area contributed by atoms with Crippen LogP contribution < -0.4 is 4.74 Å². The van der Waals surface area contributed by atoms with Gasteiger partial charge < -0.3 is 9.84 Å². The Balaban J connectivity index is 2.08. The van der Waals surface area contributed by atoms with Crippen molar-refractivity contribution in [1.29, 1.82) is 0 Å². The normalized spacial score (nSPS) is 10.1. The van der Waals surface area contributed by atoms with Crippen molar-refractivity contribution in [2.75, 3.05) is 0 Å². The second-order valence-corrected chi connectivity index (χ2v) is 4.62. The first-order valence-corrected chi connectivity index (χ1v) is 6.14. The molecule has 0 aliphatic carbocycles. The molecular weight excluding hydrogens is 296 g/mol. The molecule has 0 unspecified atom stereocenters. The highest BCUT2D eigenvalue weighted by Crippen LogP contribution is 2.26. The molecule has 0 heterocycles. The molecule has 3 nitrogen and oxygen atoms in total. The molecule has 2 rings (SSSR count). The SMILES string of the molecule is O=Cc1ccc(OCc2cccc(O)c2)c(Br)c1. The van der Waals surface area contributed by atoms with E-state index in [1.165, 1.54) is 0 Å². The molecule has 0 fully saturated rings. The van der Waals surface area contributed by atoms with E-state index in [1.807, 2.05) is 6.07 Å². The van der Waals surface area contributed by atoms with Gasteiger partial charge >= 0.3 is 0 Å². The largest absolute Gasteiger partial charge is 0.508 e. The Kier molecular flexibility index (Phi) is 3.99. The van der Waals surface area contributed by atoms with Crippen LogP contribution in [0.25, 0.3) is 0 Å². The highest BCUT2D eigenvalue weighted by molar-refractivity contribution is 9.10. The lowest BCUT2D eigenvalue weighted by Crippen LogP contribution is -1.96. The first kappa shape index (κ1) is 12.6. The molecule has 18 heavy (non-hydrogen) atoms. The maximum absolute atomic E-state index is 10.6. The minimum absolute atomic E-state index is 0.214. The van der Waals surface area contributed by atoms with E-state index in [1.54, 1.807) is 36.4 Å². The number of phenols is 1. The molecule has 0 saturated carbocycles. The van der Waals surface area contributed by atoms with Crippen LogP contribution in [0.4, 0.5) is 0 Å². The average Bonchev–Trinajstić information content (AvgIpc) is 2.37. The summed E-state index contributed by atoms with van der Waals surface area (Å²) in [6, 6.07) is 12.0. The molecule has 0 aliphatic heterocycles. The summed E-state index contributed by atoms with van der Waals surface area (Å²) in [4.78, 5) is 10.6. The fourth-order valence-corrected chi connectivity index (χ4v) is 2.03. The standard InChI is InChI=1S/C14H11BrO3/c15-13-7-10(8-16)4-5-14(13)18-9-11-2-1-3-12(17)6-11/h1-8,17H,9H2. The second kappa shape index (κ2) is 5.69. The third-order valence-electron chi connectivity index (χ3n) is 2.40. The molecule has 0 aliphatic rings. The Bertz CT molecular complexity index is 567. The van der Waals surface area contributed by atoms with Crippen LogP contribution in [0.5, 0.6) is 11.5 Å². The van der Waals surface area contributed by atoms with E-state index >= 15 is 0 Å². The minimum atomic E-state index is 0.214. The Morgan fingerprint density at radius 3 is 2.72 bits per heavy atom. The van der Waals surface area contributed by atoms with Gasteiger partial charge in [0.05, 0.1) is 4.47 Å². The summed E-state index contributed by atoms with van der Waals surface area (Å²) in [5.74, 6) is 0.871. The molecule has 0 spiro atoms. The highest BCUT2D eigenvalue weighted by atomic mass is 79.9. The number of phenolic OH excluding ortho intramolecular Hbond substituents is 1. The Labute approximate surface area is 113 Å². The van der Waals surface area contributed by atoms with E-state index in [0.29, 0.717) is 17.9 Å². The van der Waals surface area contributed by atoms with E-state index < -0.39 is 0 Å². The molecule has 92 valence electrons. The number of hydrogen-bond donors (Lipinski definition) is 1. The van der Waals surface area contributed by atoms with Crippen molar-refractivity contribution in [3.63, 3.8) is 0 Å². The molecule has 0 radical (unpaired) electrons. The van der Waals surface area contributed by atoms with E-state index in [-0.39, 0.29) is 5.75 Å². The van der Waals surface area contributed by atoms with Crippen LogP contribution in [0.1, 0.15) is 15.9 Å². The van der Waals surface area contributed by atoms with Gasteiger partial charge in [-0.3, -0.25) is 4.79 Å². The molecule has 2 aromatic rings. The van der Waals surface area contributed by atoms with Crippen LogP contribution in [0.2, 0.25) is 0 Å². The zero-order chi connectivity index (χ0) is 13.0. The molecule has 0 saturated heterocycles. The van der Waals surface area contributed by atoms with E-state index in [0.717, 1.165) is 16.3 Å². The van der Waals surface area contributed by atoms with Gasteiger partial charge in [0, 0.05) is 5.56 Å². The monoisotopic (exact) mass is 306 g/mol. The molecule has 0 amide bonds. The van der Waals surface area contributed by atoms with Crippen molar-refractivity contribution in [2.45, 2.75) is 6.61 Å². The summed E-state index contributed by atoms with van der Waals surface area (Å²) >= 11 is 3.34. The van der Waals surface area contributed by atoms with Gasteiger partial charge in [0.2, 0.25) is 0 Å². The van der Waals surface area contributed by atoms with E-state index in [4.69, 9.17) is 4.74 Å². The summed E-state index contributed by atoms with van der Waals surface area (Å²) in [5.41, 5.74) is 1.47. The van der Waals surface area contributed by atoms with Crippen LogP contribution in [0, 0.1) is 0 Å². The maximum Gasteiger partial charge on any atom is 0.150 e. The third-order valence-corrected chi connectivity index (χ3v) is 3.02. The summed E-state index contributed by atoms with van der Waals surface area (Å²) in [6.07, 6.45) is 0.782. The van der Waals surface area contributed by atoms with Gasteiger partial charge in [0.25, 0.3) is 0 Å². The first-order valence-electron chi connectivity index (χ1n) is 5.34. The number of benzene rings is 2. The van der Waals surface area contributed by atoms with E-state index in [9.17, 15) is 9.90 Å². The van der Waals surface area contributed by atoms with Gasteiger partial charge in [-0.2, -0.15) is 0 Å². The summed E-state index contributed by atoms with van der Waals surface area (Å²) in [7, 11) is 0. The molecular formula is C14H11BrO3. The Morgan fingerprint density at radius 1 is 1.22 bits per heavy atom. The summed E-state index contributed by atoms with van der Waals surface area (Å²) in [6.45, 7) is 0.355. The van der Waals surface area contributed by atoms with Gasteiger partial charge in [-0.25, -0.2) is 0 Å². The number of carbonyl (C=O) groups excluding carboxylic acids is 1. The zero-order valence-corrected chi connectivity index (χ0v) is 11.1. The predicted molar refractivity (Wildman–Crippen MR) is 72.0 cm³/mol. The molecule has 0 aromatic heterocycles. The third kappa shape index (κ3) is 3.11. The minimum Gasteiger partial charge on any atom is -0.508 e. The van der Waals surface area contributed by atoms with Gasteiger partial charge in [-0.15, -0.1) is 0 Å². The van der Waals surface area contributed by atoms with Crippen molar-refractivity contribution in [2.24, 2.45) is 0 Å². The number of ether oxygens (including phenoxy) is 1. The second-order valence-electron chi connectivity index (χ2n) is 3.77. The zero-order valence-electron chi connectivity index (χ0n) is 9.47. The fraction of sp³-hybridized carbons (Fsp3) is 0.0714. The number of aromatic hydroxyl groups is 1. The number of aldehydes is 1. The number of halogens is 1. The van der Waals surface area contributed by atoms with Gasteiger partial charge in [-0.05, 0) is 51.8 Å². The average molecular weight is 307 g/mol. The molecule has 2 aromatic carbocycles. The Morgan fingerprint density at radius 2 is 2.06 bits per heavy atom. The lowest BCUT2D eigenvalue weighted by molar-refractivity contribution is 0.112. The van der Waals surface area contributed by atoms with Crippen molar-refractivity contribution in [3.8, 4) is 11.5 Å². The topological polar surface area (TPSA) is 46.5 Å². The van der Waals surface area contributed by atoms with Gasteiger partial charge in [-0.1, -0.05) is 12.1 Å². The number of hydrogen-bond acceptors (Lipinski definition) is 3. The molecule has 4 heteroatoms. The highest BCUT2D eigenvalue weighted by Gasteiger charge is 2.03. The van der Waals surface area contributed by atoms with Crippen LogP contribution in [-0.4, -0.2) is 11.4 Å². The summed E-state index contributed by atoms with van der Waals surface area (Å²) < 4.78 is 6.33. The van der Waals surface area contributed by atoms with Crippen molar-refractivity contribution >= 4 is 22.2 Å². The van der Waals surface area contributed by atoms with Crippen LogP contribution in [-0.2, 0) is 6.61 Å². The number of carbonyl (C=O) groups is 1. The smallest absolute Gasteiger partial charge is 0.150 e. The predicted octanol–water partition coefficient (Wildman–Crippen LogP) is 3.55. The van der Waals surface area contributed by atoms with Crippen LogP contribution >= 0.6 is 15.9 Å². The van der Waals surface area contributed by atoms with E-state index in [2.05, 4.69) is 15.9 Å². The number of rotatable bonds is 4. The Hall–Kier alpha value is -1.81. The first-order chi connectivity index (χ1) is 8.69. The van der Waals surface area contributed by atoms with Gasteiger partial charge in [0.1, 0.15) is 24.4 Å². The van der Waals surface area contributed by atoms with Crippen LogP contribution in [0.3, 0.4) is 0 Å². The van der Waals surface area contributed by atoms with Crippen molar-refractivity contribution in [3.05, 3.63) is 58.1 Å². The summed E-state index contributed by atoms with van der Waals surface area (Å²) in [5, 5.41) is 9.33. The molecule has 0 bridgehead atoms. The molecule has 1 N–H and O–H groups in total. The quantitative estimate of drug-likeness (QED) is 0.879. The maximum atomic E-state index is 10.6. The van der Waals surface area contributed by atoms with Crippen molar-refractivity contribution in [1.82, 2.24) is 0 Å². The fourth-order valence-electron chi connectivity index (χ4n) is 1.51. The van der Waals surface area contributed by atoms with Gasteiger partial charge in [0.15, 0.2) is 0 Å². The van der Waals surface area contributed by atoms with Crippen molar-refractivity contribution < 1.29 is 14.6 Å². The lowest BCUT2D eigenvalue weighted by atomic mass is 10.2. The molecule has 0 atom stereocenters. The van der Waals surface area contributed by atoms with Crippen LogP contribution in [0.15, 0.2) is 46.9 Å².